The number of primary amides is 1. The molecule has 0 aliphatic rings. The second-order valence-corrected chi connectivity index (χ2v) is 4.69. The van der Waals surface area contributed by atoms with Crippen molar-refractivity contribution in [1.82, 2.24) is 0 Å². The Morgan fingerprint density at radius 3 is 2.05 bits per heavy atom. The van der Waals surface area contributed by atoms with E-state index in [9.17, 15) is 23.1 Å². The van der Waals surface area contributed by atoms with Gasteiger partial charge in [0.25, 0.3) is 0 Å². The van der Waals surface area contributed by atoms with Gasteiger partial charge in [-0.1, -0.05) is 23.2 Å². The summed E-state index contributed by atoms with van der Waals surface area (Å²) in [4.78, 5) is 10.7. The van der Waals surface area contributed by atoms with E-state index in [0.29, 0.717) is 6.92 Å². The lowest BCUT2D eigenvalue weighted by Gasteiger charge is -2.27. The van der Waals surface area contributed by atoms with Crippen LogP contribution in [0.4, 0.5) is 23.7 Å². The Hall–Kier alpha value is -1.18. The van der Waals surface area contributed by atoms with Crippen molar-refractivity contribution in [3.05, 3.63) is 27.7 Å². The average Bonchev–Trinajstić information content (AvgIpc) is 2.21. The summed E-state index contributed by atoms with van der Waals surface area (Å²) in [5, 5.41) is 11.0. The van der Waals surface area contributed by atoms with Crippen LogP contribution in [0.5, 0.6) is 0 Å². The molecule has 0 aliphatic heterocycles. The number of urea groups is 1. The molecule has 4 N–H and O–H groups in total. The smallest absolute Gasteiger partial charge is 0.376 e. The Labute approximate surface area is 116 Å². The molecule has 0 fully saturated rings. The van der Waals surface area contributed by atoms with Crippen molar-refractivity contribution in [1.29, 1.82) is 0 Å². The topological polar surface area (TPSA) is 75.3 Å². The molecule has 0 saturated carbocycles. The Morgan fingerprint density at radius 2 is 1.74 bits per heavy atom. The summed E-state index contributed by atoms with van der Waals surface area (Å²) in [5.74, 6) is 0. The predicted molar refractivity (Wildman–Crippen MR) is 65.3 cm³/mol. The normalized spacial score (nSPS) is 14.9. The largest absolute Gasteiger partial charge is 0.421 e. The van der Waals surface area contributed by atoms with E-state index in [0.717, 1.165) is 12.1 Å². The van der Waals surface area contributed by atoms with Gasteiger partial charge in [-0.05, 0) is 24.6 Å². The molecular weight excluding hydrogens is 308 g/mol. The van der Waals surface area contributed by atoms with Crippen LogP contribution in [0.3, 0.4) is 0 Å². The van der Waals surface area contributed by atoms with E-state index in [-0.39, 0.29) is 15.7 Å². The number of nitrogens with one attached hydrogen (secondary N) is 1. The third kappa shape index (κ3) is 3.23. The maximum absolute atomic E-state index is 12.7. The van der Waals surface area contributed by atoms with Gasteiger partial charge in [0.05, 0.1) is 15.7 Å². The number of alkyl halides is 3. The summed E-state index contributed by atoms with van der Waals surface area (Å²) in [6.45, 7) is 0.566. The Bertz CT molecular complexity index is 495. The van der Waals surface area contributed by atoms with Crippen LogP contribution in [-0.4, -0.2) is 17.3 Å². The molecule has 0 unspecified atom stereocenters. The van der Waals surface area contributed by atoms with Gasteiger partial charge < -0.3 is 16.2 Å². The van der Waals surface area contributed by atoms with Crippen molar-refractivity contribution in [3.63, 3.8) is 0 Å². The van der Waals surface area contributed by atoms with Gasteiger partial charge >= 0.3 is 12.2 Å². The lowest BCUT2D eigenvalue weighted by Crippen LogP contribution is -2.39. The van der Waals surface area contributed by atoms with Crippen LogP contribution in [0, 0.1) is 0 Å². The molecule has 1 aromatic carbocycles. The van der Waals surface area contributed by atoms with Crippen molar-refractivity contribution in [3.8, 4) is 0 Å². The van der Waals surface area contributed by atoms with Crippen LogP contribution in [0.15, 0.2) is 12.1 Å². The highest BCUT2D eigenvalue weighted by Gasteiger charge is 2.51. The zero-order chi connectivity index (χ0) is 15.0. The number of rotatable bonds is 2. The molecule has 0 bridgehead atoms. The maximum atomic E-state index is 12.7. The van der Waals surface area contributed by atoms with E-state index >= 15 is 0 Å². The summed E-state index contributed by atoms with van der Waals surface area (Å²) in [6.07, 6.45) is -4.90. The fraction of sp³-hybridized carbons (Fsp3) is 0.300. The van der Waals surface area contributed by atoms with E-state index in [1.165, 1.54) is 0 Å². The first-order valence-electron chi connectivity index (χ1n) is 4.82. The number of amides is 2. The van der Waals surface area contributed by atoms with Crippen molar-refractivity contribution in [2.45, 2.75) is 18.7 Å². The standard InChI is InChI=1S/C10H9Cl2F3N2O2/c1-9(19,10(13,14)15)4-2-5(11)7(6(12)3-4)17-8(16)18/h2-3,19H,1H3,(H3,16,17,18)/t9-/m0/s1. The lowest BCUT2D eigenvalue weighted by molar-refractivity contribution is -0.258. The molecule has 0 heterocycles. The van der Waals surface area contributed by atoms with Crippen LogP contribution in [-0.2, 0) is 5.60 Å². The molecule has 2 amide bonds. The summed E-state index contributed by atoms with van der Waals surface area (Å²) in [6, 6.07) is 0.734. The van der Waals surface area contributed by atoms with Crippen LogP contribution >= 0.6 is 23.2 Å². The first kappa shape index (κ1) is 15.9. The van der Waals surface area contributed by atoms with Gasteiger partial charge in [0.2, 0.25) is 0 Å². The molecule has 4 nitrogen and oxygen atoms in total. The molecule has 19 heavy (non-hydrogen) atoms. The van der Waals surface area contributed by atoms with Gasteiger partial charge in [0, 0.05) is 0 Å². The first-order chi connectivity index (χ1) is 8.46. The molecule has 0 radical (unpaired) electrons. The summed E-state index contributed by atoms with van der Waals surface area (Å²) < 4.78 is 38.0. The van der Waals surface area contributed by atoms with E-state index in [2.05, 4.69) is 5.32 Å². The fourth-order valence-electron chi connectivity index (χ4n) is 1.26. The third-order valence-corrected chi connectivity index (χ3v) is 3.00. The third-order valence-electron chi connectivity index (χ3n) is 2.40. The van der Waals surface area contributed by atoms with Crippen molar-refractivity contribution >= 4 is 34.9 Å². The Kier molecular flexibility index (Phi) is 4.23. The average molecular weight is 317 g/mol. The van der Waals surface area contributed by atoms with Crippen LogP contribution in [0.2, 0.25) is 10.0 Å². The monoisotopic (exact) mass is 316 g/mol. The summed E-state index contributed by atoms with van der Waals surface area (Å²) in [7, 11) is 0. The van der Waals surface area contributed by atoms with E-state index < -0.39 is 23.4 Å². The molecule has 1 atom stereocenters. The maximum Gasteiger partial charge on any atom is 0.421 e. The van der Waals surface area contributed by atoms with Crippen molar-refractivity contribution < 1.29 is 23.1 Å². The SMILES string of the molecule is C[C@](O)(c1cc(Cl)c(NC(N)=O)c(Cl)c1)C(F)(F)F. The Balaban J connectivity index is 3.33. The minimum absolute atomic E-state index is 0.127. The second kappa shape index (κ2) is 5.07. The van der Waals surface area contributed by atoms with E-state index in [1.807, 2.05) is 0 Å². The minimum Gasteiger partial charge on any atom is -0.376 e. The van der Waals surface area contributed by atoms with Crippen molar-refractivity contribution in [2.75, 3.05) is 5.32 Å². The number of carbonyl (C=O) groups is 1. The molecule has 0 aromatic heterocycles. The van der Waals surface area contributed by atoms with Gasteiger partial charge in [0.1, 0.15) is 0 Å². The molecular formula is C10H9Cl2F3N2O2. The predicted octanol–water partition coefficient (Wildman–Crippen LogP) is 3.25. The van der Waals surface area contributed by atoms with Gasteiger partial charge in [-0.15, -0.1) is 0 Å². The van der Waals surface area contributed by atoms with Crippen LogP contribution in [0.25, 0.3) is 0 Å². The number of nitrogens with two attached hydrogens (primary N) is 1. The molecule has 9 heteroatoms. The molecule has 0 aliphatic carbocycles. The fourth-order valence-corrected chi connectivity index (χ4v) is 1.84. The zero-order valence-corrected chi connectivity index (χ0v) is 11.0. The summed E-state index contributed by atoms with van der Waals surface area (Å²) in [5.41, 5.74) is 1.06. The Morgan fingerprint density at radius 1 is 1.32 bits per heavy atom. The van der Waals surface area contributed by atoms with E-state index in [1.54, 1.807) is 0 Å². The van der Waals surface area contributed by atoms with Crippen molar-refractivity contribution in [2.24, 2.45) is 5.73 Å². The van der Waals surface area contributed by atoms with Gasteiger partial charge in [0.15, 0.2) is 5.60 Å². The lowest BCUT2D eigenvalue weighted by atomic mass is 9.95. The number of anilines is 1. The molecule has 1 aromatic rings. The second-order valence-electron chi connectivity index (χ2n) is 3.87. The number of hydrogen-bond donors (Lipinski definition) is 3. The highest BCUT2D eigenvalue weighted by molar-refractivity contribution is 6.39. The zero-order valence-electron chi connectivity index (χ0n) is 9.48. The van der Waals surface area contributed by atoms with Gasteiger partial charge in [-0.3, -0.25) is 0 Å². The van der Waals surface area contributed by atoms with E-state index in [4.69, 9.17) is 28.9 Å². The number of halogens is 5. The highest BCUT2D eigenvalue weighted by atomic mass is 35.5. The minimum atomic E-state index is -4.90. The molecule has 1 rings (SSSR count). The first-order valence-corrected chi connectivity index (χ1v) is 5.57. The van der Waals surface area contributed by atoms with Crippen LogP contribution in [0.1, 0.15) is 12.5 Å². The summed E-state index contributed by atoms with van der Waals surface area (Å²) >= 11 is 11.4. The van der Waals surface area contributed by atoms with Gasteiger partial charge in [-0.2, -0.15) is 13.2 Å². The number of aliphatic hydroxyl groups is 1. The van der Waals surface area contributed by atoms with Crippen LogP contribution < -0.4 is 11.1 Å². The molecule has 0 spiro atoms. The molecule has 106 valence electrons. The number of hydrogen-bond acceptors (Lipinski definition) is 2. The highest BCUT2D eigenvalue weighted by Crippen LogP contribution is 2.42. The molecule has 0 saturated heterocycles. The number of carbonyl (C=O) groups excluding carboxylic acids is 1. The number of benzene rings is 1. The van der Waals surface area contributed by atoms with Gasteiger partial charge in [-0.25, -0.2) is 4.79 Å². The quantitative estimate of drug-likeness (QED) is 0.783.